The van der Waals surface area contributed by atoms with Crippen LogP contribution in [0.15, 0.2) is 36.7 Å². The van der Waals surface area contributed by atoms with Gasteiger partial charge in [-0.2, -0.15) is 5.10 Å². The molecule has 0 aliphatic heterocycles. The summed E-state index contributed by atoms with van der Waals surface area (Å²) in [6.45, 7) is 0.605. The van der Waals surface area contributed by atoms with Gasteiger partial charge in [-0.15, -0.1) is 0 Å². The Balaban J connectivity index is 2.06. The fraction of sp³-hybridized carbons (Fsp3) is 0.154. The number of para-hydroxylation sites is 1. The van der Waals surface area contributed by atoms with Gasteiger partial charge in [0, 0.05) is 24.8 Å². The second-order valence-electron chi connectivity index (χ2n) is 4.33. The standard InChI is InChI=1S/C13H13N5S/c1-17-11-5-3-2-4-9(11)10(16-17)8-18-7-6-15-13(18)12(14)19/h2-7H,8H2,1H3,(H2,14,19). The van der Waals surface area contributed by atoms with Crippen molar-refractivity contribution in [2.24, 2.45) is 12.8 Å². The summed E-state index contributed by atoms with van der Waals surface area (Å²) in [6.07, 6.45) is 3.55. The molecule has 0 amide bonds. The molecule has 6 heteroatoms. The maximum absolute atomic E-state index is 5.65. The molecule has 0 atom stereocenters. The molecule has 0 aliphatic carbocycles. The second-order valence-corrected chi connectivity index (χ2v) is 4.77. The molecule has 0 bridgehead atoms. The first-order chi connectivity index (χ1) is 9.16. The molecule has 2 N–H and O–H groups in total. The number of imidazole rings is 1. The Labute approximate surface area is 115 Å². The number of hydrogen-bond donors (Lipinski definition) is 1. The minimum absolute atomic E-state index is 0.297. The molecular weight excluding hydrogens is 258 g/mol. The Morgan fingerprint density at radius 3 is 2.95 bits per heavy atom. The minimum Gasteiger partial charge on any atom is -0.387 e. The first-order valence-electron chi connectivity index (χ1n) is 5.88. The van der Waals surface area contributed by atoms with Crippen molar-refractivity contribution in [1.82, 2.24) is 19.3 Å². The van der Waals surface area contributed by atoms with Crippen molar-refractivity contribution >= 4 is 28.1 Å². The van der Waals surface area contributed by atoms with Gasteiger partial charge in [-0.05, 0) is 6.07 Å². The lowest BCUT2D eigenvalue weighted by Gasteiger charge is -2.04. The Hall–Kier alpha value is -2.21. The monoisotopic (exact) mass is 271 g/mol. The van der Waals surface area contributed by atoms with Gasteiger partial charge in [-0.1, -0.05) is 30.4 Å². The number of rotatable bonds is 3. The van der Waals surface area contributed by atoms with E-state index in [1.54, 1.807) is 6.20 Å². The molecule has 0 unspecified atom stereocenters. The number of hydrogen-bond acceptors (Lipinski definition) is 3. The van der Waals surface area contributed by atoms with E-state index in [2.05, 4.69) is 16.1 Å². The van der Waals surface area contributed by atoms with Gasteiger partial charge in [0.25, 0.3) is 0 Å². The van der Waals surface area contributed by atoms with Crippen molar-refractivity contribution in [2.45, 2.75) is 6.54 Å². The second kappa shape index (κ2) is 4.47. The van der Waals surface area contributed by atoms with Gasteiger partial charge in [0.15, 0.2) is 5.82 Å². The van der Waals surface area contributed by atoms with Crippen LogP contribution in [-0.4, -0.2) is 24.3 Å². The summed E-state index contributed by atoms with van der Waals surface area (Å²) in [6, 6.07) is 8.13. The van der Waals surface area contributed by atoms with Gasteiger partial charge in [-0.25, -0.2) is 4.98 Å². The van der Waals surface area contributed by atoms with Crippen LogP contribution in [0.2, 0.25) is 0 Å². The van der Waals surface area contributed by atoms with E-state index >= 15 is 0 Å². The number of fused-ring (bicyclic) bond motifs is 1. The summed E-state index contributed by atoms with van der Waals surface area (Å²) >= 11 is 4.99. The zero-order valence-electron chi connectivity index (χ0n) is 10.4. The Kier molecular flexibility index (Phi) is 2.79. The molecule has 0 saturated carbocycles. The highest BCUT2D eigenvalue weighted by Crippen LogP contribution is 2.18. The maximum atomic E-state index is 5.65. The molecule has 3 rings (SSSR count). The summed E-state index contributed by atoms with van der Waals surface area (Å²) in [4.78, 5) is 4.46. The smallest absolute Gasteiger partial charge is 0.167 e. The van der Waals surface area contributed by atoms with Crippen molar-refractivity contribution in [3.05, 3.63) is 48.2 Å². The van der Waals surface area contributed by atoms with Crippen LogP contribution in [0.3, 0.4) is 0 Å². The van der Waals surface area contributed by atoms with Gasteiger partial charge in [0.2, 0.25) is 0 Å². The summed E-state index contributed by atoms with van der Waals surface area (Å²) in [7, 11) is 1.94. The van der Waals surface area contributed by atoms with Crippen molar-refractivity contribution in [3.8, 4) is 0 Å². The SMILES string of the molecule is Cn1nc(Cn2ccnc2C(N)=S)c2ccccc21. The largest absolute Gasteiger partial charge is 0.387 e. The Morgan fingerprint density at radius 1 is 1.37 bits per heavy atom. The number of benzene rings is 1. The molecule has 5 nitrogen and oxygen atoms in total. The molecule has 2 aromatic heterocycles. The van der Waals surface area contributed by atoms with Crippen LogP contribution in [-0.2, 0) is 13.6 Å². The third kappa shape index (κ3) is 2.00. The van der Waals surface area contributed by atoms with Crippen LogP contribution in [0.25, 0.3) is 10.9 Å². The molecule has 3 aromatic rings. The normalized spacial score (nSPS) is 11.0. The number of aryl methyl sites for hydroxylation is 1. The van der Waals surface area contributed by atoms with E-state index in [-0.39, 0.29) is 0 Å². The highest BCUT2D eigenvalue weighted by atomic mass is 32.1. The first-order valence-corrected chi connectivity index (χ1v) is 6.29. The van der Waals surface area contributed by atoms with E-state index in [1.165, 1.54) is 0 Å². The zero-order chi connectivity index (χ0) is 13.4. The number of nitrogens with two attached hydrogens (primary N) is 1. The lowest BCUT2D eigenvalue weighted by Crippen LogP contribution is -2.17. The third-order valence-electron chi connectivity index (χ3n) is 3.09. The molecule has 1 aromatic carbocycles. The number of thiocarbonyl (C=S) groups is 1. The number of nitrogens with zero attached hydrogens (tertiary/aromatic N) is 4. The van der Waals surface area contributed by atoms with Crippen molar-refractivity contribution in [2.75, 3.05) is 0 Å². The van der Waals surface area contributed by atoms with Gasteiger partial charge in [0.05, 0.1) is 17.8 Å². The van der Waals surface area contributed by atoms with Crippen LogP contribution >= 0.6 is 12.2 Å². The summed E-state index contributed by atoms with van der Waals surface area (Å²) in [5.74, 6) is 0.615. The molecule has 2 heterocycles. The topological polar surface area (TPSA) is 61.7 Å². The fourth-order valence-electron chi connectivity index (χ4n) is 2.23. The number of aromatic nitrogens is 4. The van der Waals surface area contributed by atoms with Crippen LogP contribution in [0.4, 0.5) is 0 Å². The van der Waals surface area contributed by atoms with Crippen molar-refractivity contribution in [1.29, 1.82) is 0 Å². The van der Waals surface area contributed by atoms with E-state index in [4.69, 9.17) is 18.0 Å². The first kappa shape index (κ1) is 11.9. The summed E-state index contributed by atoms with van der Waals surface area (Å²) < 4.78 is 3.79. The fourth-order valence-corrected chi connectivity index (χ4v) is 2.40. The van der Waals surface area contributed by atoms with E-state index < -0.39 is 0 Å². The maximum Gasteiger partial charge on any atom is 0.167 e. The molecule has 0 aliphatic rings. The summed E-state index contributed by atoms with van der Waals surface area (Å²) in [5, 5.41) is 5.68. The predicted molar refractivity (Wildman–Crippen MR) is 77.9 cm³/mol. The molecule has 0 fully saturated rings. The van der Waals surface area contributed by atoms with Gasteiger partial charge in [0.1, 0.15) is 4.99 Å². The van der Waals surface area contributed by atoms with E-state index in [0.29, 0.717) is 17.4 Å². The average Bonchev–Trinajstić information content (AvgIpc) is 2.97. The lowest BCUT2D eigenvalue weighted by molar-refractivity contribution is 0.715. The van der Waals surface area contributed by atoms with Crippen LogP contribution in [0.5, 0.6) is 0 Å². The van der Waals surface area contributed by atoms with Gasteiger partial charge >= 0.3 is 0 Å². The zero-order valence-corrected chi connectivity index (χ0v) is 11.3. The van der Waals surface area contributed by atoms with Crippen LogP contribution < -0.4 is 5.73 Å². The lowest BCUT2D eigenvalue weighted by atomic mass is 10.2. The molecule has 0 saturated heterocycles. The van der Waals surface area contributed by atoms with E-state index in [9.17, 15) is 0 Å². The highest BCUT2D eigenvalue weighted by Gasteiger charge is 2.11. The summed E-state index contributed by atoms with van der Waals surface area (Å²) in [5.41, 5.74) is 7.74. The van der Waals surface area contributed by atoms with E-state index in [0.717, 1.165) is 16.6 Å². The highest BCUT2D eigenvalue weighted by molar-refractivity contribution is 7.80. The van der Waals surface area contributed by atoms with Gasteiger partial charge < -0.3 is 10.3 Å². The van der Waals surface area contributed by atoms with Gasteiger partial charge in [-0.3, -0.25) is 4.68 Å². The average molecular weight is 271 g/mol. The molecule has 0 radical (unpaired) electrons. The third-order valence-corrected chi connectivity index (χ3v) is 3.27. The molecule has 0 spiro atoms. The predicted octanol–water partition coefficient (Wildman–Crippen LogP) is 1.45. The van der Waals surface area contributed by atoms with Crippen LogP contribution in [0.1, 0.15) is 11.5 Å². The van der Waals surface area contributed by atoms with Crippen molar-refractivity contribution in [3.63, 3.8) is 0 Å². The van der Waals surface area contributed by atoms with E-state index in [1.807, 2.05) is 40.7 Å². The molecule has 96 valence electrons. The molecule has 19 heavy (non-hydrogen) atoms. The minimum atomic E-state index is 0.297. The quantitative estimate of drug-likeness (QED) is 0.732. The Bertz CT molecular complexity index is 755. The van der Waals surface area contributed by atoms with Crippen LogP contribution in [0, 0.1) is 0 Å². The van der Waals surface area contributed by atoms with Crippen molar-refractivity contribution < 1.29 is 0 Å². The molecular formula is C13H13N5S. The Morgan fingerprint density at radius 2 is 2.16 bits per heavy atom.